The van der Waals surface area contributed by atoms with Crippen molar-refractivity contribution < 1.29 is 4.74 Å². The van der Waals surface area contributed by atoms with Gasteiger partial charge in [0.15, 0.2) is 0 Å². The molecule has 1 fully saturated rings. The molecule has 26 heavy (non-hydrogen) atoms. The molecule has 2 unspecified atom stereocenters. The van der Waals surface area contributed by atoms with E-state index in [-0.39, 0.29) is 10.9 Å². The van der Waals surface area contributed by atoms with Gasteiger partial charge in [-0.2, -0.15) is 0 Å². The van der Waals surface area contributed by atoms with E-state index >= 15 is 0 Å². The average Bonchev–Trinajstić information content (AvgIpc) is 2.61. The Bertz CT molecular complexity index is 615. The minimum absolute atomic E-state index is 0.217. The van der Waals surface area contributed by atoms with E-state index in [1.807, 2.05) is 12.1 Å². The van der Waals surface area contributed by atoms with E-state index < -0.39 is 0 Å². The van der Waals surface area contributed by atoms with E-state index in [0.717, 1.165) is 43.0 Å². The lowest BCUT2D eigenvalue weighted by Gasteiger charge is -2.38. The van der Waals surface area contributed by atoms with Crippen LogP contribution in [0.15, 0.2) is 30.3 Å². The van der Waals surface area contributed by atoms with Gasteiger partial charge >= 0.3 is 0 Å². The molecular weight excluding hydrogens is 367 g/mol. The Morgan fingerprint density at radius 3 is 2.73 bits per heavy atom. The zero-order chi connectivity index (χ0) is 18.6. The maximum absolute atomic E-state index is 6.41. The molecule has 2 aliphatic rings. The number of likely N-dealkylation sites (tertiary alicyclic amines) is 1. The van der Waals surface area contributed by atoms with Gasteiger partial charge in [-0.25, -0.2) is 0 Å². The summed E-state index contributed by atoms with van der Waals surface area (Å²) in [6.45, 7) is 9.78. The minimum atomic E-state index is -0.229. The molecule has 0 saturated carbocycles. The van der Waals surface area contributed by atoms with Crippen LogP contribution in [-0.4, -0.2) is 48.6 Å². The highest BCUT2D eigenvalue weighted by Gasteiger charge is 2.26. The Morgan fingerprint density at radius 2 is 2.00 bits per heavy atom. The fraction of sp³-hybridized carbons (Fsp3) is 0.619. The van der Waals surface area contributed by atoms with Crippen LogP contribution in [0.2, 0.25) is 0 Å². The molecule has 3 rings (SSSR count). The first-order valence-corrected chi connectivity index (χ1v) is 10.5. The van der Waals surface area contributed by atoms with Gasteiger partial charge < -0.3 is 9.64 Å². The lowest BCUT2D eigenvalue weighted by Crippen LogP contribution is -2.40. The van der Waals surface area contributed by atoms with Crippen molar-refractivity contribution in [2.75, 3.05) is 32.8 Å². The Kier molecular flexibility index (Phi) is 6.90. The van der Waals surface area contributed by atoms with Crippen LogP contribution in [0.3, 0.4) is 0 Å². The highest BCUT2D eigenvalue weighted by molar-refractivity contribution is 6.34. The molecule has 1 N–H and O–H groups in total. The Balaban J connectivity index is 1.44. The second-order valence-corrected chi connectivity index (χ2v) is 9.08. The van der Waals surface area contributed by atoms with Gasteiger partial charge in [-0.3, -0.25) is 5.32 Å². The lowest BCUT2D eigenvalue weighted by atomic mass is 9.84. The molecule has 0 aromatic heterocycles. The number of piperidine rings is 1. The maximum Gasteiger partial charge on any atom is 0.119 e. The average molecular weight is 397 g/mol. The van der Waals surface area contributed by atoms with Crippen molar-refractivity contribution in [2.24, 2.45) is 5.41 Å². The van der Waals surface area contributed by atoms with Crippen molar-refractivity contribution in [3.63, 3.8) is 0 Å². The van der Waals surface area contributed by atoms with Crippen molar-refractivity contribution in [2.45, 2.75) is 44.0 Å². The quantitative estimate of drug-likeness (QED) is 0.427. The molecule has 5 heteroatoms. The van der Waals surface area contributed by atoms with E-state index in [1.165, 1.54) is 25.9 Å². The number of halogens is 2. The zero-order valence-electron chi connectivity index (χ0n) is 15.8. The van der Waals surface area contributed by atoms with Gasteiger partial charge in [-0.15, -0.1) is 23.2 Å². The van der Waals surface area contributed by atoms with E-state index in [4.69, 9.17) is 27.9 Å². The number of rotatable bonds is 6. The van der Waals surface area contributed by atoms with Gasteiger partial charge in [0.25, 0.3) is 0 Å². The molecule has 1 aromatic rings. The summed E-state index contributed by atoms with van der Waals surface area (Å²) in [4.78, 5) is 2.57. The van der Waals surface area contributed by atoms with Gasteiger partial charge in [0.05, 0.1) is 12.0 Å². The van der Waals surface area contributed by atoms with Crippen LogP contribution in [0.1, 0.15) is 38.7 Å². The van der Waals surface area contributed by atoms with Gasteiger partial charge in [0.2, 0.25) is 0 Å². The molecule has 0 amide bonds. The number of ether oxygens (including phenoxy) is 1. The number of hydrogen-bond donors (Lipinski definition) is 1. The molecule has 2 atom stereocenters. The van der Waals surface area contributed by atoms with Gasteiger partial charge in [0.1, 0.15) is 11.3 Å². The normalized spacial score (nSPS) is 26.4. The highest BCUT2D eigenvalue weighted by Crippen LogP contribution is 2.30. The molecule has 2 heterocycles. The topological polar surface area (TPSA) is 24.5 Å². The fourth-order valence-corrected chi connectivity index (χ4v) is 4.42. The summed E-state index contributed by atoms with van der Waals surface area (Å²) in [5.74, 6) is 0.913. The van der Waals surface area contributed by atoms with Crippen LogP contribution in [0, 0.1) is 5.41 Å². The molecule has 1 saturated heterocycles. The molecule has 0 spiro atoms. The molecule has 0 aliphatic carbocycles. The van der Waals surface area contributed by atoms with Gasteiger partial charge in [0, 0.05) is 19.6 Å². The smallest absolute Gasteiger partial charge is 0.119 e. The predicted molar refractivity (Wildman–Crippen MR) is 111 cm³/mol. The summed E-state index contributed by atoms with van der Waals surface area (Å²) in [5.41, 5.74) is 2.43. The van der Waals surface area contributed by atoms with Crippen LogP contribution in [0.4, 0.5) is 0 Å². The Morgan fingerprint density at radius 1 is 1.23 bits per heavy atom. The predicted octanol–water partition coefficient (Wildman–Crippen LogP) is 4.74. The second-order valence-electron chi connectivity index (χ2n) is 8.14. The maximum atomic E-state index is 6.41. The third-order valence-electron chi connectivity index (χ3n) is 5.24. The van der Waals surface area contributed by atoms with Crippen molar-refractivity contribution in [1.29, 1.82) is 0 Å². The first-order valence-electron chi connectivity index (χ1n) is 9.62. The van der Waals surface area contributed by atoms with Crippen molar-refractivity contribution in [3.05, 3.63) is 35.9 Å². The van der Waals surface area contributed by atoms with E-state index in [9.17, 15) is 0 Å². The van der Waals surface area contributed by atoms with E-state index in [0.29, 0.717) is 5.41 Å². The SMILES string of the molecule is CC1(C)CCCN(CCCOc2ccc(C3=CCNC(Cl)C3Cl)cc2)C1. The van der Waals surface area contributed by atoms with Crippen molar-refractivity contribution >= 4 is 28.8 Å². The fourth-order valence-electron chi connectivity index (χ4n) is 3.89. The summed E-state index contributed by atoms with van der Waals surface area (Å²) in [5, 5.41) is 2.92. The Hall–Kier alpha value is -0.740. The van der Waals surface area contributed by atoms with Crippen LogP contribution in [-0.2, 0) is 0 Å². The first-order chi connectivity index (χ1) is 12.4. The summed E-state index contributed by atoms with van der Waals surface area (Å²) >= 11 is 12.6. The zero-order valence-corrected chi connectivity index (χ0v) is 17.3. The Labute approximate surface area is 167 Å². The van der Waals surface area contributed by atoms with E-state index in [1.54, 1.807) is 0 Å². The number of nitrogens with zero attached hydrogens (tertiary/aromatic N) is 1. The molecule has 144 valence electrons. The first kappa shape index (κ1) is 20.0. The third kappa shape index (κ3) is 5.39. The number of hydrogen-bond acceptors (Lipinski definition) is 3. The standard InChI is InChI=1S/C21H30Cl2N2O/c1-21(2)10-3-12-25(15-21)13-4-14-26-17-7-5-16(6-8-17)18-9-11-24-20(23)19(18)22/h5-9,19-20,24H,3-4,10-15H2,1-2H3. The highest BCUT2D eigenvalue weighted by atomic mass is 35.5. The lowest BCUT2D eigenvalue weighted by molar-refractivity contribution is 0.111. The third-order valence-corrected chi connectivity index (χ3v) is 6.27. The number of nitrogens with one attached hydrogen (secondary N) is 1. The monoisotopic (exact) mass is 396 g/mol. The molecule has 1 aromatic carbocycles. The summed E-state index contributed by atoms with van der Waals surface area (Å²) in [6, 6.07) is 8.18. The van der Waals surface area contributed by atoms with Crippen LogP contribution < -0.4 is 10.1 Å². The minimum Gasteiger partial charge on any atom is -0.494 e. The summed E-state index contributed by atoms with van der Waals surface area (Å²) in [6.07, 6.45) is 5.82. The van der Waals surface area contributed by atoms with Gasteiger partial charge in [-0.05, 0) is 54.5 Å². The van der Waals surface area contributed by atoms with Crippen LogP contribution >= 0.6 is 23.2 Å². The van der Waals surface area contributed by atoms with Crippen LogP contribution in [0.25, 0.3) is 5.57 Å². The second kappa shape index (κ2) is 8.97. The number of alkyl halides is 2. The summed E-state index contributed by atoms with van der Waals surface area (Å²) < 4.78 is 5.92. The van der Waals surface area contributed by atoms with Crippen molar-refractivity contribution in [3.8, 4) is 5.75 Å². The molecular formula is C21H30Cl2N2O. The largest absolute Gasteiger partial charge is 0.494 e. The molecule has 3 nitrogen and oxygen atoms in total. The van der Waals surface area contributed by atoms with E-state index in [2.05, 4.69) is 42.3 Å². The molecule has 0 bridgehead atoms. The summed E-state index contributed by atoms with van der Waals surface area (Å²) in [7, 11) is 0. The van der Waals surface area contributed by atoms with Gasteiger partial charge in [-0.1, -0.05) is 32.1 Å². The molecule has 2 aliphatic heterocycles. The number of benzene rings is 1. The molecule has 0 radical (unpaired) electrons. The van der Waals surface area contributed by atoms with Crippen LogP contribution in [0.5, 0.6) is 5.75 Å². The van der Waals surface area contributed by atoms with Crippen molar-refractivity contribution in [1.82, 2.24) is 10.2 Å².